The molecule has 0 amide bonds. The molecule has 17 nitrogen and oxygen atoms in total. The third-order valence-corrected chi connectivity index (χ3v) is 24.4. The fraction of sp³-hybridized carbons (Fsp3) is 0.309. The summed E-state index contributed by atoms with van der Waals surface area (Å²) in [5, 5.41) is 0.855. The Kier molecular flexibility index (Phi) is 18.5. The maximum atomic E-state index is 14.6. The molecule has 0 saturated carbocycles. The molecular formula is C55H56Cl2F6N8O9S2Si. The van der Waals surface area contributed by atoms with Crippen molar-refractivity contribution in [3.05, 3.63) is 153 Å². The number of methoxy groups -OCH3 is 3. The minimum atomic E-state index is -4.80. The van der Waals surface area contributed by atoms with Gasteiger partial charge < -0.3 is 23.4 Å². The van der Waals surface area contributed by atoms with Crippen molar-refractivity contribution < 1.29 is 67.0 Å². The topological polar surface area (TPSA) is 218 Å². The van der Waals surface area contributed by atoms with Crippen molar-refractivity contribution in [2.45, 2.75) is 94.2 Å². The smallest absolute Gasteiger partial charge is 0.416 e. The Hall–Kier alpha value is -7.10. The summed E-state index contributed by atoms with van der Waals surface area (Å²) in [5.74, 6) is -1.18. The number of carbonyl (C=O) groups is 2. The van der Waals surface area contributed by atoms with Crippen LogP contribution in [-0.4, -0.2) is 93.9 Å². The highest BCUT2D eigenvalue weighted by atomic mass is 35.5. The zero-order valence-corrected chi connectivity index (χ0v) is 50.5. The number of carbonyl (C=O) groups excluding carboxylic acids is 2. The quantitative estimate of drug-likeness (QED) is 0.0354. The van der Waals surface area contributed by atoms with E-state index in [-0.39, 0.29) is 66.6 Å². The minimum Gasteiger partial charge on any atom is -0.494 e. The van der Waals surface area contributed by atoms with Gasteiger partial charge in [0.2, 0.25) is 11.6 Å². The first-order chi connectivity index (χ1) is 38.8. The molecule has 8 aromatic rings. The van der Waals surface area contributed by atoms with E-state index in [0.717, 1.165) is 36.5 Å². The van der Waals surface area contributed by atoms with Crippen LogP contribution in [0.25, 0.3) is 22.1 Å². The number of ketones is 2. The molecule has 0 aliphatic rings. The number of aromatic amines is 1. The second kappa shape index (κ2) is 24.2. The number of nitrogens with zero attached hydrogens (tertiary/aromatic N) is 6. The lowest BCUT2D eigenvalue weighted by Gasteiger charge is -2.44. The molecule has 0 atom stereocenters. The summed E-state index contributed by atoms with van der Waals surface area (Å²) in [4.78, 5) is 46.8. The van der Waals surface area contributed by atoms with E-state index in [1.807, 2.05) is 6.20 Å². The second-order valence-corrected chi connectivity index (χ2v) is 30.1. The number of anilines is 2. The van der Waals surface area contributed by atoms with E-state index in [0.29, 0.717) is 55.1 Å². The van der Waals surface area contributed by atoms with Gasteiger partial charge in [-0.1, -0.05) is 76.9 Å². The van der Waals surface area contributed by atoms with Crippen LogP contribution in [-0.2, 0) is 37.1 Å². The van der Waals surface area contributed by atoms with Crippen LogP contribution in [0.2, 0.25) is 26.7 Å². The molecule has 0 unspecified atom stereocenters. The normalized spacial score (nSPS) is 12.5. The van der Waals surface area contributed by atoms with Gasteiger partial charge in [-0.05, 0) is 96.3 Å². The van der Waals surface area contributed by atoms with Gasteiger partial charge in [0.05, 0.1) is 80.1 Å². The summed E-state index contributed by atoms with van der Waals surface area (Å²) in [6.07, 6.45) is -0.950. The Morgan fingerprint density at radius 1 is 0.675 bits per heavy atom. The average Bonchev–Trinajstić information content (AvgIpc) is 2.58. The molecule has 2 N–H and O–H groups in total. The van der Waals surface area contributed by atoms with Gasteiger partial charge in [-0.2, -0.15) is 26.3 Å². The van der Waals surface area contributed by atoms with E-state index in [2.05, 4.69) is 70.4 Å². The molecule has 28 heteroatoms. The Morgan fingerprint density at radius 3 is 1.72 bits per heavy atom. The number of pyridine rings is 4. The van der Waals surface area contributed by atoms with Crippen LogP contribution in [0.4, 0.5) is 37.7 Å². The number of alkyl halides is 6. The molecule has 0 fully saturated rings. The molecule has 0 bridgehead atoms. The summed E-state index contributed by atoms with van der Waals surface area (Å²) in [7, 11) is -7.71. The fourth-order valence-electron chi connectivity index (χ4n) is 10.6. The molecule has 2 aromatic carbocycles. The molecule has 0 saturated heterocycles. The van der Waals surface area contributed by atoms with Crippen LogP contribution in [0.15, 0.2) is 108 Å². The van der Waals surface area contributed by atoms with Crippen molar-refractivity contribution in [2.24, 2.45) is 0 Å². The highest BCUT2D eigenvalue weighted by molar-refractivity contribution is 7.93. The number of rotatable bonds is 18. The van der Waals surface area contributed by atoms with Crippen LogP contribution in [0.1, 0.15) is 95.9 Å². The van der Waals surface area contributed by atoms with Crippen LogP contribution in [0.5, 0.6) is 11.5 Å². The number of nitrogens with one attached hydrogen (secondary N) is 2. The van der Waals surface area contributed by atoms with Crippen LogP contribution in [0.3, 0.4) is 0 Å². The molecule has 0 radical (unpaired) electrons. The van der Waals surface area contributed by atoms with Gasteiger partial charge in [0.15, 0.2) is 8.24 Å². The Morgan fingerprint density at radius 2 is 1.18 bits per heavy atom. The van der Waals surface area contributed by atoms with Gasteiger partial charge in [0, 0.05) is 36.5 Å². The van der Waals surface area contributed by atoms with Crippen molar-refractivity contribution in [3.8, 4) is 11.5 Å². The molecule has 8 rings (SSSR count). The van der Waals surface area contributed by atoms with Crippen molar-refractivity contribution in [2.75, 3.05) is 37.1 Å². The number of ether oxygens (including phenoxy) is 3. The number of sulfonamides is 2. The molecule has 6 aromatic heterocycles. The standard InChI is InChI=1S/C33H40ClF3N4O5SSi.C22H16ClF3N4O4S/c1-19(2)48(20(3)4,21(5)6)41-13-12-25-29(28(46-9)17-39-32(25)41)31(42)30-27(14-23(34)16-38-30)40(18-45-8)47(43,44)24-11-10-22(7)26(15-24)33(35,36)37;1-11-3-4-13(8-15(11)22(24,25)26)35(32,33)30-16-7-12(23)9-28-19(16)20(31)18-14-5-6-27-21(14)29-10-17(18)34-2/h10-17,19-21H,18H2,1-9H3;3-10,30H,1-2H3,(H,27,29). The fourth-order valence-corrected chi connectivity index (χ4v) is 19.9. The van der Waals surface area contributed by atoms with Crippen LogP contribution in [0, 0.1) is 13.8 Å². The van der Waals surface area contributed by atoms with Crippen molar-refractivity contribution >= 4 is 96.5 Å². The summed E-state index contributed by atoms with van der Waals surface area (Å²) >= 11 is 12.3. The van der Waals surface area contributed by atoms with Crippen molar-refractivity contribution in [3.63, 3.8) is 0 Å². The van der Waals surface area contributed by atoms with E-state index < -0.39 is 79.8 Å². The van der Waals surface area contributed by atoms with Crippen molar-refractivity contribution in [1.82, 2.24) is 29.2 Å². The third kappa shape index (κ3) is 12.3. The van der Waals surface area contributed by atoms with E-state index >= 15 is 0 Å². The Balaban J connectivity index is 0.000000250. The highest BCUT2D eigenvalue weighted by Gasteiger charge is 2.47. The first-order valence-electron chi connectivity index (χ1n) is 25.1. The second-order valence-electron chi connectivity index (χ2n) is 20.0. The lowest BCUT2D eigenvalue weighted by Crippen LogP contribution is -2.51. The lowest BCUT2D eigenvalue weighted by molar-refractivity contribution is -0.139. The van der Waals surface area contributed by atoms with Crippen molar-refractivity contribution in [1.29, 1.82) is 0 Å². The van der Waals surface area contributed by atoms with E-state index in [1.54, 1.807) is 18.3 Å². The largest absolute Gasteiger partial charge is 0.494 e. The van der Waals surface area contributed by atoms with Gasteiger partial charge >= 0.3 is 12.4 Å². The number of benzene rings is 2. The third-order valence-electron chi connectivity index (χ3n) is 14.1. The number of hydrogen-bond donors (Lipinski definition) is 2. The first-order valence-corrected chi connectivity index (χ1v) is 31.0. The Bertz CT molecular complexity index is 4010. The summed E-state index contributed by atoms with van der Waals surface area (Å²) < 4.78 is 157. The minimum absolute atomic E-state index is 0.00683. The molecular weight excluding hydrogens is 1190 g/mol. The summed E-state index contributed by atoms with van der Waals surface area (Å²) in [6, 6.07) is 11.0. The van der Waals surface area contributed by atoms with E-state index in [1.165, 1.54) is 59.8 Å². The molecule has 0 aliphatic heterocycles. The number of fused-ring (bicyclic) bond motifs is 2. The zero-order valence-electron chi connectivity index (χ0n) is 46.4. The molecule has 0 aliphatic carbocycles. The van der Waals surface area contributed by atoms with Gasteiger partial charge in [-0.25, -0.2) is 41.1 Å². The van der Waals surface area contributed by atoms with Gasteiger partial charge in [0.1, 0.15) is 40.9 Å². The molecule has 442 valence electrons. The van der Waals surface area contributed by atoms with Gasteiger partial charge in [-0.3, -0.25) is 14.3 Å². The van der Waals surface area contributed by atoms with E-state index in [9.17, 15) is 52.8 Å². The zero-order chi connectivity index (χ0) is 61.5. The van der Waals surface area contributed by atoms with Gasteiger partial charge in [0.25, 0.3) is 20.0 Å². The lowest BCUT2D eigenvalue weighted by atomic mass is 10.0. The Labute approximate surface area is 485 Å². The average molecular weight is 1250 g/mol. The predicted molar refractivity (Wildman–Crippen MR) is 305 cm³/mol. The van der Waals surface area contributed by atoms with Gasteiger partial charge in [-0.15, -0.1) is 0 Å². The maximum absolute atomic E-state index is 14.6. The summed E-state index contributed by atoms with van der Waals surface area (Å²) in [5.41, 5.74) is -1.73. The monoisotopic (exact) mass is 1250 g/mol. The van der Waals surface area contributed by atoms with E-state index in [4.69, 9.17) is 42.4 Å². The van der Waals surface area contributed by atoms with Crippen LogP contribution >= 0.6 is 23.2 Å². The summed E-state index contributed by atoms with van der Waals surface area (Å²) in [6.45, 7) is 15.0. The first kappa shape index (κ1) is 63.5. The molecule has 0 spiro atoms. The number of H-pyrrole nitrogens is 1. The number of aromatic nitrogens is 6. The SMILES string of the molecule is COCN(c1cc(Cl)cnc1C(=O)c1c(OC)cnc2c1ccn2[Si](C(C)C)(C(C)C)C(C)C)S(=O)(=O)c1ccc(C)c(C(F)(F)F)c1.COc1cnc2[nH]ccc2c1C(=O)c1ncc(Cl)cc1NS(=O)(=O)c1ccc(C)c(C(F)(F)F)c1. The number of hydrogen-bond acceptors (Lipinski definition) is 13. The molecule has 6 heterocycles. The highest BCUT2D eigenvalue weighted by Crippen LogP contribution is 2.46. The molecule has 83 heavy (non-hydrogen) atoms. The predicted octanol–water partition coefficient (Wildman–Crippen LogP) is 13.5. The maximum Gasteiger partial charge on any atom is 0.416 e. The number of aryl methyl sites for hydroxylation is 2. The number of halogens is 8. The van der Waals surface area contributed by atoms with Crippen LogP contribution < -0.4 is 18.5 Å².